The van der Waals surface area contributed by atoms with Crippen LogP contribution in [-0.2, 0) is 0 Å². The number of methoxy groups -OCH3 is 1. The first kappa shape index (κ1) is 15.2. The average Bonchev–Trinajstić information content (AvgIpc) is 2.55. The molecule has 0 aliphatic rings. The number of benzene rings is 2. The van der Waals surface area contributed by atoms with Crippen LogP contribution >= 0.6 is 0 Å². The van der Waals surface area contributed by atoms with Crippen molar-refractivity contribution < 1.29 is 14.2 Å². The van der Waals surface area contributed by atoms with Crippen LogP contribution in [-0.4, -0.2) is 13.9 Å². The van der Waals surface area contributed by atoms with Crippen LogP contribution in [0.25, 0.3) is 0 Å². The van der Waals surface area contributed by atoms with Crippen molar-refractivity contribution in [2.75, 3.05) is 13.9 Å². The largest absolute Gasteiger partial charge is 0.497 e. The fourth-order valence-electron chi connectivity index (χ4n) is 1.98. The van der Waals surface area contributed by atoms with Gasteiger partial charge in [-0.15, -0.1) is 0 Å². The van der Waals surface area contributed by atoms with Gasteiger partial charge in [-0.2, -0.15) is 0 Å². The van der Waals surface area contributed by atoms with E-state index in [1.807, 2.05) is 36.4 Å². The van der Waals surface area contributed by atoms with E-state index in [0.717, 1.165) is 23.7 Å². The molecule has 1 unspecified atom stereocenters. The van der Waals surface area contributed by atoms with Gasteiger partial charge in [-0.3, -0.25) is 0 Å². The normalized spacial score (nSPS) is 11.8. The van der Waals surface area contributed by atoms with Crippen LogP contribution in [0.5, 0.6) is 17.2 Å². The minimum Gasteiger partial charge on any atom is -0.497 e. The fraction of sp³-hybridized carbons (Fsp3) is 0.333. The molecule has 0 aromatic heterocycles. The quantitative estimate of drug-likeness (QED) is 0.695. The van der Waals surface area contributed by atoms with Gasteiger partial charge in [-0.25, -0.2) is 0 Å². The smallest absolute Gasteiger partial charge is 0.230 e. The molecule has 21 heavy (non-hydrogen) atoms. The van der Waals surface area contributed by atoms with Gasteiger partial charge < -0.3 is 14.2 Å². The highest BCUT2D eigenvalue weighted by Crippen LogP contribution is 2.22. The summed E-state index contributed by atoms with van der Waals surface area (Å²) in [6.45, 7) is 4.59. The monoisotopic (exact) mass is 286 g/mol. The maximum Gasteiger partial charge on any atom is 0.230 e. The zero-order valence-corrected chi connectivity index (χ0v) is 12.8. The predicted octanol–water partition coefficient (Wildman–Crippen LogP) is 4.62. The standard InChI is InChI=1S/C18H22O3/c1-4-14(2)15-8-10-16(11-9-15)20-13-21-18-7-5-6-17(12-18)19-3/h5-12,14H,4,13H2,1-3H3. The molecule has 0 saturated heterocycles. The lowest BCUT2D eigenvalue weighted by molar-refractivity contribution is 0.119. The van der Waals surface area contributed by atoms with Gasteiger partial charge in [0.2, 0.25) is 6.79 Å². The third kappa shape index (κ3) is 4.42. The van der Waals surface area contributed by atoms with Crippen molar-refractivity contribution in [2.24, 2.45) is 0 Å². The Balaban J connectivity index is 1.85. The predicted molar refractivity (Wildman–Crippen MR) is 84.3 cm³/mol. The van der Waals surface area contributed by atoms with Crippen LogP contribution < -0.4 is 14.2 Å². The van der Waals surface area contributed by atoms with Gasteiger partial charge in [0, 0.05) is 6.07 Å². The van der Waals surface area contributed by atoms with Crippen LogP contribution in [0.1, 0.15) is 31.7 Å². The van der Waals surface area contributed by atoms with E-state index in [9.17, 15) is 0 Å². The SMILES string of the molecule is CCC(C)c1ccc(OCOc2cccc(OC)c2)cc1. The van der Waals surface area contributed by atoms with Crippen LogP contribution in [0.15, 0.2) is 48.5 Å². The first-order chi connectivity index (χ1) is 10.2. The first-order valence-electron chi connectivity index (χ1n) is 7.22. The Kier molecular flexibility index (Phi) is 5.50. The van der Waals surface area contributed by atoms with Crippen molar-refractivity contribution in [1.29, 1.82) is 0 Å². The molecule has 0 spiro atoms. The Hall–Kier alpha value is -2.16. The van der Waals surface area contributed by atoms with E-state index in [1.54, 1.807) is 7.11 Å². The van der Waals surface area contributed by atoms with E-state index in [-0.39, 0.29) is 6.79 Å². The number of hydrogen-bond acceptors (Lipinski definition) is 3. The molecular weight excluding hydrogens is 264 g/mol. The average molecular weight is 286 g/mol. The van der Waals surface area contributed by atoms with Gasteiger partial charge >= 0.3 is 0 Å². The molecule has 0 aliphatic heterocycles. The van der Waals surface area contributed by atoms with Crippen LogP contribution in [0, 0.1) is 0 Å². The summed E-state index contributed by atoms with van der Waals surface area (Å²) in [7, 11) is 1.63. The third-order valence-electron chi connectivity index (χ3n) is 3.55. The molecule has 2 aromatic carbocycles. The highest BCUT2D eigenvalue weighted by Gasteiger charge is 2.03. The summed E-state index contributed by atoms with van der Waals surface area (Å²) in [6, 6.07) is 15.6. The van der Waals surface area contributed by atoms with Gasteiger partial charge in [0.25, 0.3) is 0 Å². The molecule has 0 amide bonds. The first-order valence-corrected chi connectivity index (χ1v) is 7.22. The lowest BCUT2D eigenvalue weighted by atomic mass is 9.99. The van der Waals surface area contributed by atoms with Crippen LogP contribution in [0.2, 0.25) is 0 Å². The van der Waals surface area contributed by atoms with Gasteiger partial charge in [-0.05, 0) is 42.2 Å². The van der Waals surface area contributed by atoms with E-state index < -0.39 is 0 Å². The molecule has 3 nitrogen and oxygen atoms in total. The Bertz CT molecular complexity index is 549. The Morgan fingerprint density at radius 3 is 2.24 bits per heavy atom. The Labute approximate surface area is 126 Å². The second-order valence-corrected chi connectivity index (χ2v) is 4.96. The molecule has 0 N–H and O–H groups in total. The van der Waals surface area contributed by atoms with E-state index in [0.29, 0.717) is 5.92 Å². The topological polar surface area (TPSA) is 27.7 Å². The van der Waals surface area contributed by atoms with Crippen molar-refractivity contribution in [2.45, 2.75) is 26.2 Å². The zero-order chi connectivity index (χ0) is 15.1. The van der Waals surface area contributed by atoms with Crippen LogP contribution in [0.3, 0.4) is 0 Å². The number of hydrogen-bond donors (Lipinski definition) is 0. The Morgan fingerprint density at radius 1 is 0.905 bits per heavy atom. The molecule has 2 aromatic rings. The molecule has 0 fully saturated rings. The lowest BCUT2D eigenvalue weighted by Gasteiger charge is -2.11. The number of rotatable bonds is 7. The summed E-state index contributed by atoms with van der Waals surface area (Å²) in [4.78, 5) is 0. The molecule has 3 heteroatoms. The van der Waals surface area contributed by atoms with Crippen molar-refractivity contribution in [3.05, 3.63) is 54.1 Å². The van der Waals surface area contributed by atoms with Gasteiger partial charge in [-0.1, -0.05) is 32.0 Å². The molecule has 2 rings (SSSR count). The summed E-state index contributed by atoms with van der Waals surface area (Å²) >= 11 is 0. The maximum absolute atomic E-state index is 5.59. The van der Waals surface area contributed by atoms with E-state index >= 15 is 0 Å². The van der Waals surface area contributed by atoms with E-state index in [2.05, 4.69) is 26.0 Å². The van der Waals surface area contributed by atoms with E-state index in [4.69, 9.17) is 14.2 Å². The molecule has 112 valence electrons. The molecule has 0 saturated carbocycles. The van der Waals surface area contributed by atoms with Crippen molar-refractivity contribution >= 4 is 0 Å². The highest BCUT2D eigenvalue weighted by molar-refractivity contribution is 5.33. The molecule has 0 heterocycles. The number of ether oxygens (including phenoxy) is 3. The molecule has 1 atom stereocenters. The summed E-state index contributed by atoms with van der Waals surface area (Å²) in [5, 5.41) is 0. The molecule has 0 aliphatic carbocycles. The maximum atomic E-state index is 5.59. The zero-order valence-electron chi connectivity index (χ0n) is 12.8. The van der Waals surface area contributed by atoms with Gasteiger partial charge in [0.1, 0.15) is 17.2 Å². The second kappa shape index (κ2) is 7.58. The summed E-state index contributed by atoms with van der Waals surface area (Å²) in [5.74, 6) is 2.88. The molecule has 0 radical (unpaired) electrons. The fourth-order valence-corrected chi connectivity index (χ4v) is 1.98. The molecule has 0 bridgehead atoms. The second-order valence-electron chi connectivity index (χ2n) is 4.96. The highest BCUT2D eigenvalue weighted by atomic mass is 16.7. The van der Waals surface area contributed by atoms with Crippen LogP contribution in [0.4, 0.5) is 0 Å². The minimum atomic E-state index is 0.176. The third-order valence-corrected chi connectivity index (χ3v) is 3.55. The van der Waals surface area contributed by atoms with Gasteiger partial charge in [0.15, 0.2) is 0 Å². The van der Waals surface area contributed by atoms with E-state index in [1.165, 1.54) is 5.56 Å². The van der Waals surface area contributed by atoms with Crippen molar-refractivity contribution in [3.63, 3.8) is 0 Å². The summed E-state index contributed by atoms with van der Waals surface area (Å²) in [5.41, 5.74) is 1.33. The minimum absolute atomic E-state index is 0.176. The van der Waals surface area contributed by atoms with Gasteiger partial charge in [0.05, 0.1) is 7.11 Å². The summed E-state index contributed by atoms with van der Waals surface area (Å²) in [6.07, 6.45) is 1.14. The summed E-state index contributed by atoms with van der Waals surface area (Å²) < 4.78 is 16.3. The van der Waals surface area contributed by atoms with Crippen molar-refractivity contribution in [3.8, 4) is 17.2 Å². The lowest BCUT2D eigenvalue weighted by Crippen LogP contribution is -2.05. The molecular formula is C18H22O3. The Morgan fingerprint density at radius 2 is 1.57 bits per heavy atom. The van der Waals surface area contributed by atoms with Crippen molar-refractivity contribution in [1.82, 2.24) is 0 Å².